The van der Waals surface area contributed by atoms with Crippen molar-refractivity contribution in [3.8, 4) is 0 Å². The van der Waals surface area contributed by atoms with Crippen LogP contribution in [0.5, 0.6) is 0 Å². The Morgan fingerprint density at radius 1 is 1.25 bits per heavy atom. The molecule has 0 saturated carbocycles. The van der Waals surface area contributed by atoms with Crippen molar-refractivity contribution in [2.45, 2.75) is 24.8 Å². The molecule has 1 atom stereocenters. The highest BCUT2D eigenvalue weighted by atomic mass is 32.2. The zero-order valence-corrected chi connectivity index (χ0v) is 12.6. The van der Waals surface area contributed by atoms with Crippen molar-refractivity contribution in [3.05, 3.63) is 29.8 Å². The van der Waals surface area contributed by atoms with E-state index < -0.39 is 16.1 Å². The summed E-state index contributed by atoms with van der Waals surface area (Å²) in [4.78, 5) is 11.4. The molecule has 1 rings (SSSR count). The molecule has 0 aliphatic rings. The van der Waals surface area contributed by atoms with E-state index in [1.54, 1.807) is 0 Å². The molecule has 1 unspecified atom stereocenters. The fraction of sp³-hybridized carbons (Fsp3) is 0.462. The number of rotatable bonds is 6. The molecule has 0 fully saturated rings. The number of sulfonamides is 1. The molecule has 112 valence electrons. The lowest BCUT2D eigenvalue weighted by molar-refractivity contribution is 0.0963. The first kappa shape index (κ1) is 16.6. The highest BCUT2D eigenvalue weighted by Crippen LogP contribution is 2.13. The first-order chi connectivity index (χ1) is 9.31. The van der Waals surface area contributed by atoms with Crippen molar-refractivity contribution in [1.29, 1.82) is 0 Å². The maximum atomic E-state index is 12.1. The molecule has 1 aromatic rings. The van der Waals surface area contributed by atoms with Gasteiger partial charge in [-0.15, -0.1) is 0 Å². The summed E-state index contributed by atoms with van der Waals surface area (Å²) < 4.78 is 26.7. The smallest absolute Gasteiger partial charge is 0.251 e. The average Bonchev–Trinajstić information content (AvgIpc) is 2.43. The average molecular weight is 300 g/mol. The molecule has 0 heterocycles. The van der Waals surface area contributed by atoms with Gasteiger partial charge in [-0.05, 0) is 30.2 Å². The molecule has 0 aliphatic heterocycles. The first-order valence-electron chi connectivity index (χ1n) is 6.27. The van der Waals surface area contributed by atoms with Gasteiger partial charge in [0.2, 0.25) is 10.0 Å². The Labute approximate surface area is 119 Å². The van der Waals surface area contributed by atoms with Crippen LogP contribution in [0.2, 0.25) is 0 Å². The first-order valence-corrected chi connectivity index (χ1v) is 7.75. The van der Waals surface area contributed by atoms with Crippen LogP contribution in [-0.2, 0) is 10.0 Å². The molecular weight excluding hydrogens is 280 g/mol. The van der Waals surface area contributed by atoms with E-state index >= 15 is 0 Å². The SMILES string of the molecule is CNC(=O)c1ccc(S(=O)(=O)NC(CO)C(C)C)cc1. The lowest BCUT2D eigenvalue weighted by Crippen LogP contribution is -2.41. The van der Waals surface area contributed by atoms with Crippen LogP contribution in [0.3, 0.4) is 0 Å². The number of carbonyl (C=O) groups is 1. The molecule has 1 amide bonds. The Hall–Kier alpha value is -1.44. The zero-order chi connectivity index (χ0) is 15.3. The Kier molecular flexibility index (Phi) is 5.67. The fourth-order valence-electron chi connectivity index (χ4n) is 1.58. The molecule has 0 radical (unpaired) electrons. The molecule has 6 nitrogen and oxygen atoms in total. The van der Waals surface area contributed by atoms with Gasteiger partial charge in [-0.25, -0.2) is 13.1 Å². The number of hydrogen-bond donors (Lipinski definition) is 3. The number of hydrogen-bond acceptors (Lipinski definition) is 4. The molecule has 0 aliphatic carbocycles. The molecule has 3 N–H and O–H groups in total. The van der Waals surface area contributed by atoms with Gasteiger partial charge < -0.3 is 10.4 Å². The third-order valence-electron chi connectivity index (χ3n) is 2.96. The van der Waals surface area contributed by atoms with E-state index in [1.165, 1.54) is 31.3 Å². The lowest BCUT2D eigenvalue weighted by atomic mass is 10.1. The van der Waals surface area contributed by atoms with Crippen molar-refractivity contribution in [3.63, 3.8) is 0 Å². The van der Waals surface area contributed by atoms with Crippen molar-refractivity contribution in [1.82, 2.24) is 10.0 Å². The molecule has 0 saturated heterocycles. The topological polar surface area (TPSA) is 95.5 Å². The predicted molar refractivity (Wildman–Crippen MR) is 75.9 cm³/mol. The minimum absolute atomic E-state index is 0.0279. The van der Waals surface area contributed by atoms with Gasteiger partial charge in [0.05, 0.1) is 11.5 Å². The number of amides is 1. The second-order valence-electron chi connectivity index (χ2n) is 4.76. The highest BCUT2D eigenvalue weighted by Gasteiger charge is 2.22. The number of aliphatic hydroxyl groups is 1. The monoisotopic (exact) mass is 300 g/mol. The van der Waals surface area contributed by atoms with Crippen LogP contribution in [0.1, 0.15) is 24.2 Å². The minimum Gasteiger partial charge on any atom is -0.395 e. The van der Waals surface area contributed by atoms with Crippen molar-refractivity contribution in [2.75, 3.05) is 13.7 Å². The van der Waals surface area contributed by atoms with Gasteiger partial charge in [0.25, 0.3) is 5.91 Å². The summed E-state index contributed by atoms with van der Waals surface area (Å²) in [7, 11) is -2.20. The van der Waals surface area contributed by atoms with Crippen LogP contribution in [-0.4, -0.2) is 39.1 Å². The second-order valence-corrected chi connectivity index (χ2v) is 6.47. The zero-order valence-electron chi connectivity index (χ0n) is 11.8. The number of carbonyl (C=O) groups excluding carboxylic acids is 1. The molecular formula is C13H20N2O4S. The summed E-state index contributed by atoms with van der Waals surface area (Å²) in [6.07, 6.45) is 0. The van der Waals surface area contributed by atoms with Crippen LogP contribution < -0.4 is 10.0 Å². The maximum absolute atomic E-state index is 12.1. The largest absolute Gasteiger partial charge is 0.395 e. The third kappa shape index (κ3) is 4.03. The highest BCUT2D eigenvalue weighted by molar-refractivity contribution is 7.89. The number of aliphatic hydroxyl groups excluding tert-OH is 1. The molecule has 0 bridgehead atoms. The quantitative estimate of drug-likeness (QED) is 0.706. The molecule has 0 spiro atoms. The van der Waals surface area contributed by atoms with Gasteiger partial charge in [0.15, 0.2) is 0 Å². The van der Waals surface area contributed by atoms with Crippen molar-refractivity contribution < 1.29 is 18.3 Å². The second kappa shape index (κ2) is 6.83. The Morgan fingerprint density at radius 2 is 1.80 bits per heavy atom. The predicted octanol–water partition coefficient (Wildman–Crippen LogP) is 0.341. The van der Waals surface area contributed by atoms with Crippen molar-refractivity contribution >= 4 is 15.9 Å². The van der Waals surface area contributed by atoms with E-state index in [0.717, 1.165) is 0 Å². The normalized spacial score (nSPS) is 13.2. The summed E-state index contributed by atoms with van der Waals surface area (Å²) in [6.45, 7) is 3.36. The van der Waals surface area contributed by atoms with Gasteiger partial charge in [-0.2, -0.15) is 0 Å². The standard InChI is InChI=1S/C13H20N2O4S/c1-9(2)12(8-16)15-20(18,19)11-6-4-10(5-7-11)13(17)14-3/h4-7,9,12,15-16H,8H2,1-3H3,(H,14,17). The fourth-order valence-corrected chi connectivity index (χ4v) is 2.96. The number of nitrogens with one attached hydrogen (secondary N) is 2. The summed E-state index contributed by atoms with van der Waals surface area (Å²) in [6, 6.07) is 5.06. The lowest BCUT2D eigenvalue weighted by Gasteiger charge is -2.19. The summed E-state index contributed by atoms with van der Waals surface area (Å²) in [5.74, 6) is -0.308. The summed E-state index contributed by atoms with van der Waals surface area (Å²) in [5, 5.41) is 11.6. The Balaban J connectivity index is 2.96. The molecule has 0 aromatic heterocycles. The van der Waals surface area contributed by atoms with E-state index in [1.807, 2.05) is 13.8 Å². The summed E-state index contributed by atoms with van der Waals surface area (Å²) in [5.41, 5.74) is 0.383. The van der Waals surface area contributed by atoms with Crippen molar-refractivity contribution in [2.24, 2.45) is 5.92 Å². The number of benzene rings is 1. The van der Waals surface area contributed by atoms with Gasteiger partial charge in [0, 0.05) is 18.7 Å². The van der Waals surface area contributed by atoms with Crippen LogP contribution in [0.25, 0.3) is 0 Å². The summed E-state index contributed by atoms with van der Waals surface area (Å²) >= 11 is 0. The van der Waals surface area contributed by atoms with E-state index in [2.05, 4.69) is 10.0 Å². The van der Waals surface area contributed by atoms with Crippen LogP contribution in [0.4, 0.5) is 0 Å². The van der Waals surface area contributed by atoms with E-state index in [0.29, 0.717) is 5.56 Å². The molecule has 1 aromatic carbocycles. The third-order valence-corrected chi connectivity index (χ3v) is 4.47. The Morgan fingerprint density at radius 3 is 2.20 bits per heavy atom. The Bertz CT molecular complexity index is 552. The molecule has 7 heteroatoms. The van der Waals surface area contributed by atoms with Crippen LogP contribution >= 0.6 is 0 Å². The van der Waals surface area contributed by atoms with E-state index in [-0.39, 0.29) is 23.3 Å². The van der Waals surface area contributed by atoms with E-state index in [9.17, 15) is 18.3 Å². The maximum Gasteiger partial charge on any atom is 0.251 e. The molecule has 20 heavy (non-hydrogen) atoms. The van der Waals surface area contributed by atoms with Gasteiger partial charge in [0.1, 0.15) is 0 Å². The van der Waals surface area contributed by atoms with Crippen LogP contribution in [0, 0.1) is 5.92 Å². The minimum atomic E-state index is -3.71. The van der Waals surface area contributed by atoms with Gasteiger partial charge >= 0.3 is 0 Å². The van der Waals surface area contributed by atoms with Gasteiger partial charge in [-0.1, -0.05) is 13.8 Å². The van der Waals surface area contributed by atoms with Gasteiger partial charge in [-0.3, -0.25) is 4.79 Å². The van der Waals surface area contributed by atoms with Crippen LogP contribution in [0.15, 0.2) is 29.2 Å². The van der Waals surface area contributed by atoms with E-state index in [4.69, 9.17) is 0 Å².